The molecule has 0 aliphatic heterocycles. The second kappa shape index (κ2) is 9.75. The average molecular weight is 484 g/mol. The van der Waals surface area contributed by atoms with Gasteiger partial charge in [-0.3, -0.25) is 4.98 Å². The van der Waals surface area contributed by atoms with Crippen molar-refractivity contribution in [1.29, 1.82) is 0 Å². The van der Waals surface area contributed by atoms with Crippen LogP contribution in [0.1, 0.15) is 49.1 Å². The van der Waals surface area contributed by atoms with Crippen LogP contribution in [0.15, 0.2) is 53.1 Å². The van der Waals surface area contributed by atoms with E-state index < -0.39 is 0 Å². The normalized spacial score (nSPS) is 23.4. The monoisotopic (exact) mass is 483 g/mol. The number of furan rings is 1. The molecule has 6 rings (SSSR count). The van der Waals surface area contributed by atoms with Crippen molar-refractivity contribution in [1.82, 2.24) is 15.0 Å². The molecule has 4 atom stereocenters. The maximum atomic E-state index is 6.23. The molecule has 1 fully saturated rings. The summed E-state index contributed by atoms with van der Waals surface area (Å²) in [5.41, 5.74) is 5.35. The van der Waals surface area contributed by atoms with Gasteiger partial charge >= 0.3 is 0 Å². The van der Waals surface area contributed by atoms with Crippen molar-refractivity contribution < 1.29 is 13.9 Å². The van der Waals surface area contributed by atoms with Gasteiger partial charge in [0.05, 0.1) is 30.5 Å². The maximum Gasteiger partial charge on any atom is 0.160 e. The third kappa shape index (κ3) is 4.12. The lowest BCUT2D eigenvalue weighted by atomic mass is 9.64. The SMILES string of the molecule is COCCOC1CCC2c3nc(-c4ccnc5ccccc45)nc(-c4ccc(C)o4)c3CCC2C1C. The zero-order valence-corrected chi connectivity index (χ0v) is 21.2. The number of ether oxygens (including phenoxy) is 2. The Balaban J connectivity index is 1.45. The van der Waals surface area contributed by atoms with Crippen molar-refractivity contribution in [3.63, 3.8) is 0 Å². The van der Waals surface area contributed by atoms with Crippen molar-refractivity contribution in [2.24, 2.45) is 11.8 Å². The number of nitrogens with zero attached hydrogens (tertiary/aromatic N) is 3. The van der Waals surface area contributed by atoms with E-state index in [2.05, 4.69) is 18.0 Å². The minimum absolute atomic E-state index is 0.278. The van der Waals surface area contributed by atoms with Gasteiger partial charge in [0.15, 0.2) is 11.6 Å². The summed E-state index contributed by atoms with van der Waals surface area (Å²) in [4.78, 5) is 15.0. The van der Waals surface area contributed by atoms with E-state index in [-0.39, 0.29) is 6.10 Å². The molecule has 0 spiro atoms. The maximum absolute atomic E-state index is 6.23. The summed E-state index contributed by atoms with van der Waals surface area (Å²) in [5.74, 6) is 3.89. The number of aromatic nitrogens is 3. The van der Waals surface area contributed by atoms with E-state index in [1.807, 2.05) is 49.5 Å². The van der Waals surface area contributed by atoms with Crippen LogP contribution < -0.4 is 0 Å². The number of aryl methyl sites for hydroxylation is 1. The molecule has 3 aromatic heterocycles. The molecule has 186 valence electrons. The van der Waals surface area contributed by atoms with Crippen LogP contribution in [0.3, 0.4) is 0 Å². The Bertz CT molecular complexity index is 1380. The van der Waals surface area contributed by atoms with Crippen LogP contribution in [0.25, 0.3) is 33.7 Å². The second-order valence-corrected chi connectivity index (χ2v) is 10.2. The number of pyridine rings is 1. The molecule has 1 aromatic carbocycles. The fraction of sp³-hybridized carbons (Fsp3) is 0.433. The number of hydrogen-bond donors (Lipinski definition) is 0. The zero-order valence-electron chi connectivity index (χ0n) is 21.2. The summed E-state index contributed by atoms with van der Waals surface area (Å²) < 4.78 is 17.5. The van der Waals surface area contributed by atoms with Gasteiger partial charge < -0.3 is 13.9 Å². The summed E-state index contributed by atoms with van der Waals surface area (Å²) in [5, 5.41) is 1.07. The van der Waals surface area contributed by atoms with Gasteiger partial charge in [-0.2, -0.15) is 0 Å². The van der Waals surface area contributed by atoms with E-state index in [9.17, 15) is 0 Å². The van der Waals surface area contributed by atoms with Crippen LogP contribution >= 0.6 is 0 Å². The quantitative estimate of drug-likeness (QED) is 0.297. The fourth-order valence-electron chi connectivity index (χ4n) is 6.33. The topological polar surface area (TPSA) is 70.3 Å². The predicted molar refractivity (Wildman–Crippen MR) is 140 cm³/mol. The molecule has 0 radical (unpaired) electrons. The Morgan fingerprint density at radius 2 is 1.89 bits per heavy atom. The van der Waals surface area contributed by atoms with Gasteiger partial charge in [-0.1, -0.05) is 25.1 Å². The van der Waals surface area contributed by atoms with E-state index in [1.54, 1.807) is 7.11 Å². The highest BCUT2D eigenvalue weighted by atomic mass is 16.5. The highest BCUT2D eigenvalue weighted by Crippen LogP contribution is 2.50. The molecule has 0 bridgehead atoms. The van der Waals surface area contributed by atoms with E-state index in [0.717, 1.165) is 65.2 Å². The zero-order chi connectivity index (χ0) is 24.6. The Hall–Kier alpha value is -3.09. The fourth-order valence-corrected chi connectivity index (χ4v) is 6.33. The number of benzene rings is 1. The minimum Gasteiger partial charge on any atom is -0.460 e. The molecule has 0 amide bonds. The van der Waals surface area contributed by atoms with Crippen molar-refractivity contribution >= 4 is 10.9 Å². The van der Waals surface area contributed by atoms with Crippen molar-refractivity contribution in [2.75, 3.05) is 20.3 Å². The Kier molecular flexibility index (Phi) is 6.32. The first-order chi connectivity index (χ1) is 17.6. The number of hydrogen-bond acceptors (Lipinski definition) is 6. The first-order valence-corrected chi connectivity index (χ1v) is 13.1. The molecule has 6 heteroatoms. The van der Waals surface area contributed by atoms with Crippen LogP contribution in [0, 0.1) is 18.8 Å². The molecular weight excluding hydrogens is 450 g/mol. The molecule has 36 heavy (non-hydrogen) atoms. The van der Waals surface area contributed by atoms with Gasteiger partial charge in [0.2, 0.25) is 0 Å². The van der Waals surface area contributed by atoms with Gasteiger partial charge in [0, 0.05) is 35.7 Å². The van der Waals surface area contributed by atoms with Crippen molar-refractivity contribution in [2.45, 2.75) is 51.6 Å². The van der Waals surface area contributed by atoms with Crippen molar-refractivity contribution in [3.8, 4) is 22.8 Å². The molecule has 4 aromatic rings. The molecule has 0 N–H and O–H groups in total. The first kappa shape index (κ1) is 23.3. The number of rotatable bonds is 6. The number of para-hydroxylation sites is 1. The summed E-state index contributed by atoms with van der Waals surface area (Å²) in [6, 6.07) is 14.3. The Morgan fingerprint density at radius 1 is 1.00 bits per heavy atom. The highest BCUT2D eigenvalue weighted by Gasteiger charge is 2.42. The van der Waals surface area contributed by atoms with E-state index in [1.165, 1.54) is 11.3 Å². The lowest BCUT2D eigenvalue weighted by Gasteiger charge is -2.44. The van der Waals surface area contributed by atoms with Gasteiger partial charge in [-0.25, -0.2) is 9.97 Å². The van der Waals surface area contributed by atoms with Gasteiger partial charge in [0.25, 0.3) is 0 Å². The Labute approximate surface area is 212 Å². The second-order valence-electron chi connectivity index (χ2n) is 10.2. The molecule has 0 saturated heterocycles. The van der Waals surface area contributed by atoms with Crippen LogP contribution in [0.2, 0.25) is 0 Å². The van der Waals surface area contributed by atoms with E-state index in [4.69, 9.17) is 23.9 Å². The standard InChI is InChI=1S/C30H33N3O3/c1-18-8-12-27(36-18)29-24-10-9-20-19(2)26(35-17-16-34-3)13-11-22(20)28(24)32-30(33-29)23-14-15-31-25-7-5-4-6-21(23)25/h4-8,12,14-15,19-20,22,26H,9-11,13,16-17H2,1-3H3. The molecule has 2 aliphatic carbocycles. The molecular formula is C30H33N3O3. The van der Waals surface area contributed by atoms with Crippen LogP contribution in [-0.4, -0.2) is 41.4 Å². The van der Waals surface area contributed by atoms with E-state index >= 15 is 0 Å². The van der Waals surface area contributed by atoms with Gasteiger partial charge in [-0.15, -0.1) is 0 Å². The van der Waals surface area contributed by atoms with Gasteiger partial charge in [-0.05, 0) is 68.7 Å². The molecule has 3 heterocycles. The van der Waals surface area contributed by atoms with Crippen LogP contribution in [0.4, 0.5) is 0 Å². The number of methoxy groups -OCH3 is 1. The summed E-state index contributed by atoms with van der Waals surface area (Å²) in [6.45, 7) is 5.64. The summed E-state index contributed by atoms with van der Waals surface area (Å²) in [7, 11) is 1.73. The van der Waals surface area contributed by atoms with Crippen molar-refractivity contribution in [3.05, 3.63) is 65.7 Å². The smallest absolute Gasteiger partial charge is 0.160 e. The largest absolute Gasteiger partial charge is 0.460 e. The average Bonchev–Trinajstić information content (AvgIpc) is 3.35. The Morgan fingerprint density at radius 3 is 2.72 bits per heavy atom. The third-order valence-electron chi connectivity index (χ3n) is 8.14. The van der Waals surface area contributed by atoms with E-state index in [0.29, 0.717) is 31.0 Å². The van der Waals surface area contributed by atoms with Gasteiger partial charge in [0.1, 0.15) is 11.5 Å². The molecule has 4 unspecified atom stereocenters. The first-order valence-electron chi connectivity index (χ1n) is 13.1. The minimum atomic E-state index is 0.278. The lowest BCUT2D eigenvalue weighted by molar-refractivity contribution is -0.0522. The summed E-state index contributed by atoms with van der Waals surface area (Å²) >= 11 is 0. The molecule has 2 aliphatic rings. The lowest BCUT2D eigenvalue weighted by Crippen LogP contribution is -2.40. The van der Waals surface area contributed by atoms with Crippen LogP contribution in [-0.2, 0) is 15.9 Å². The predicted octanol–water partition coefficient (Wildman–Crippen LogP) is 6.37. The third-order valence-corrected chi connectivity index (χ3v) is 8.14. The highest BCUT2D eigenvalue weighted by molar-refractivity contribution is 5.92. The molecule has 6 nitrogen and oxygen atoms in total. The summed E-state index contributed by atoms with van der Waals surface area (Å²) in [6.07, 6.45) is 6.32. The molecule has 1 saturated carbocycles. The van der Waals surface area contributed by atoms with Crippen LogP contribution in [0.5, 0.6) is 0 Å². The number of fused-ring (bicyclic) bond motifs is 4.